The van der Waals surface area contributed by atoms with E-state index in [-0.39, 0.29) is 0 Å². The maximum atomic E-state index is 5.89. The monoisotopic (exact) mass is 288 g/mol. The van der Waals surface area contributed by atoms with Crippen LogP contribution in [-0.2, 0) is 0 Å². The Morgan fingerprint density at radius 2 is 2.10 bits per heavy atom. The molecule has 0 radical (unpaired) electrons. The molecule has 0 unspecified atom stereocenters. The average Bonchev–Trinajstić information content (AvgIpc) is 2.46. The van der Waals surface area contributed by atoms with Crippen molar-refractivity contribution in [1.29, 1.82) is 0 Å². The molecule has 3 N–H and O–H groups in total. The molecule has 1 aromatic carbocycles. The van der Waals surface area contributed by atoms with Gasteiger partial charge in [-0.25, -0.2) is 0 Å². The molecule has 0 aliphatic heterocycles. The van der Waals surface area contributed by atoms with Crippen molar-refractivity contribution in [3.05, 3.63) is 30.3 Å². The minimum Gasteiger partial charge on any atom is -0.372 e. The number of nitrogens with one attached hydrogen (secondary N) is 1. The molecule has 1 aliphatic rings. The SMILES string of the molecule is CCN(CCCNC(N)=NCC1CCC1)c1ccccc1. The highest BCUT2D eigenvalue weighted by molar-refractivity contribution is 5.77. The van der Waals surface area contributed by atoms with Gasteiger partial charge in [-0.1, -0.05) is 24.6 Å². The molecule has 21 heavy (non-hydrogen) atoms. The number of aliphatic imine (C=N–C) groups is 1. The van der Waals surface area contributed by atoms with Gasteiger partial charge in [0, 0.05) is 31.9 Å². The van der Waals surface area contributed by atoms with E-state index >= 15 is 0 Å². The summed E-state index contributed by atoms with van der Waals surface area (Å²) in [4.78, 5) is 6.79. The van der Waals surface area contributed by atoms with Gasteiger partial charge in [-0.2, -0.15) is 0 Å². The molecule has 2 rings (SSSR count). The summed E-state index contributed by atoms with van der Waals surface area (Å²) in [7, 11) is 0. The number of benzene rings is 1. The van der Waals surface area contributed by atoms with Crippen LogP contribution in [-0.4, -0.2) is 32.1 Å². The Bertz CT molecular complexity index is 426. The molecule has 1 aliphatic carbocycles. The lowest BCUT2D eigenvalue weighted by molar-refractivity contribution is 0.326. The zero-order chi connectivity index (χ0) is 14.9. The number of rotatable bonds is 8. The van der Waals surface area contributed by atoms with Crippen LogP contribution in [0.3, 0.4) is 0 Å². The van der Waals surface area contributed by atoms with Crippen LogP contribution in [0.2, 0.25) is 0 Å². The molecule has 4 heteroatoms. The van der Waals surface area contributed by atoms with Crippen molar-refractivity contribution in [3.8, 4) is 0 Å². The van der Waals surface area contributed by atoms with Crippen molar-refractivity contribution < 1.29 is 0 Å². The normalized spacial score (nSPS) is 15.6. The van der Waals surface area contributed by atoms with E-state index < -0.39 is 0 Å². The van der Waals surface area contributed by atoms with Gasteiger partial charge < -0.3 is 16.0 Å². The number of anilines is 1. The smallest absolute Gasteiger partial charge is 0.188 e. The second-order valence-electron chi connectivity index (χ2n) is 5.72. The van der Waals surface area contributed by atoms with Gasteiger partial charge in [0.1, 0.15) is 0 Å². The first kappa shape index (κ1) is 15.7. The molecule has 0 saturated heterocycles. The zero-order valence-electron chi connectivity index (χ0n) is 13.1. The summed E-state index contributed by atoms with van der Waals surface area (Å²) < 4.78 is 0. The summed E-state index contributed by atoms with van der Waals surface area (Å²) in [5, 5.41) is 3.22. The largest absolute Gasteiger partial charge is 0.372 e. The third-order valence-corrected chi connectivity index (χ3v) is 4.16. The van der Waals surface area contributed by atoms with Gasteiger partial charge in [0.25, 0.3) is 0 Å². The maximum absolute atomic E-state index is 5.89. The molecule has 0 bridgehead atoms. The van der Waals surface area contributed by atoms with Crippen molar-refractivity contribution >= 4 is 11.6 Å². The van der Waals surface area contributed by atoms with Crippen molar-refractivity contribution in [2.24, 2.45) is 16.6 Å². The Hall–Kier alpha value is -1.71. The molecule has 1 fully saturated rings. The first-order chi connectivity index (χ1) is 10.3. The van der Waals surface area contributed by atoms with E-state index in [1.807, 2.05) is 0 Å². The van der Waals surface area contributed by atoms with Gasteiger partial charge in [-0.15, -0.1) is 0 Å². The number of guanidine groups is 1. The van der Waals surface area contributed by atoms with Gasteiger partial charge in [0.15, 0.2) is 5.96 Å². The van der Waals surface area contributed by atoms with Crippen molar-refractivity contribution in [2.45, 2.75) is 32.6 Å². The quantitative estimate of drug-likeness (QED) is 0.439. The van der Waals surface area contributed by atoms with Crippen LogP contribution in [0.4, 0.5) is 5.69 Å². The Kier molecular flexibility index (Phi) is 6.38. The van der Waals surface area contributed by atoms with Gasteiger partial charge >= 0.3 is 0 Å². The lowest BCUT2D eigenvalue weighted by Crippen LogP contribution is -2.35. The average molecular weight is 288 g/mol. The first-order valence-electron chi connectivity index (χ1n) is 8.13. The molecule has 0 aromatic heterocycles. The molecular formula is C17H28N4. The third kappa shape index (κ3) is 5.29. The summed E-state index contributed by atoms with van der Waals surface area (Å²) in [5.74, 6) is 1.38. The highest BCUT2D eigenvalue weighted by Gasteiger charge is 2.16. The minimum atomic E-state index is 0.602. The van der Waals surface area contributed by atoms with Gasteiger partial charge in [-0.05, 0) is 44.2 Å². The lowest BCUT2D eigenvalue weighted by Gasteiger charge is -2.24. The second-order valence-corrected chi connectivity index (χ2v) is 5.72. The second kappa shape index (κ2) is 8.55. The number of para-hydroxylation sites is 1. The fraction of sp³-hybridized carbons (Fsp3) is 0.588. The van der Waals surface area contributed by atoms with Crippen LogP contribution in [0, 0.1) is 5.92 Å². The van der Waals surface area contributed by atoms with E-state index in [0.717, 1.165) is 38.5 Å². The summed E-state index contributed by atoms with van der Waals surface area (Å²) in [6.07, 6.45) is 5.06. The first-order valence-corrected chi connectivity index (χ1v) is 8.13. The van der Waals surface area contributed by atoms with Crippen LogP contribution in [0.25, 0.3) is 0 Å². The Balaban J connectivity index is 1.63. The zero-order valence-corrected chi connectivity index (χ0v) is 13.1. The van der Waals surface area contributed by atoms with E-state index in [1.54, 1.807) is 0 Å². The molecule has 0 spiro atoms. The van der Waals surface area contributed by atoms with Crippen LogP contribution in [0.5, 0.6) is 0 Å². The molecule has 116 valence electrons. The molecule has 0 heterocycles. The number of nitrogens with two attached hydrogens (primary N) is 1. The Labute approximate surface area is 128 Å². The van der Waals surface area contributed by atoms with Gasteiger partial charge in [-0.3, -0.25) is 4.99 Å². The van der Waals surface area contributed by atoms with Crippen molar-refractivity contribution in [3.63, 3.8) is 0 Å². The summed E-state index contributed by atoms with van der Waals surface area (Å²) in [6.45, 7) is 6.01. The topological polar surface area (TPSA) is 53.6 Å². The molecule has 0 atom stereocenters. The van der Waals surface area contributed by atoms with Crippen LogP contribution in [0.15, 0.2) is 35.3 Å². The summed E-state index contributed by atoms with van der Waals surface area (Å²) in [6, 6.07) is 10.5. The van der Waals surface area contributed by atoms with Crippen LogP contribution >= 0.6 is 0 Å². The highest BCUT2D eigenvalue weighted by atomic mass is 15.1. The van der Waals surface area contributed by atoms with Crippen LogP contribution in [0.1, 0.15) is 32.6 Å². The Morgan fingerprint density at radius 1 is 1.33 bits per heavy atom. The fourth-order valence-corrected chi connectivity index (χ4v) is 2.55. The predicted octanol–water partition coefficient (Wildman–Crippen LogP) is 2.61. The van der Waals surface area contributed by atoms with Crippen LogP contribution < -0.4 is 16.0 Å². The lowest BCUT2D eigenvalue weighted by atomic mass is 9.86. The Morgan fingerprint density at radius 3 is 2.71 bits per heavy atom. The predicted molar refractivity (Wildman–Crippen MR) is 90.8 cm³/mol. The third-order valence-electron chi connectivity index (χ3n) is 4.16. The van der Waals surface area contributed by atoms with E-state index in [1.165, 1.54) is 24.9 Å². The fourth-order valence-electron chi connectivity index (χ4n) is 2.55. The molecule has 0 amide bonds. The standard InChI is InChI=1S/C17H28N4/c1-2-21(16-10-4-3-5-11-16)13-7-12-19-17(18)20-14-15-8-6-9-15/h3-5,10-11,15H,2,6-9,12-14H2,1H3,(H3,18,19,20). The molecule has 1 saturated carbocycles. The summed E-state index contributed by atoms with van der Waals surface area (Å²) in [5.41, 5.74) is 7.17. The maximum Gasteiger partial charge on any atom is 0.188 e. The van der Waals surface area contributed by atoms with Gasteiger partial charge in [0.2, 0.25) is 0 Å². The van der Waals surface area contributed by atoms with E-state index in [0.29, 0.717) is 5.96 Å². The molecule has 1 aromatic rings. The van der Waals surface area contributed by atoms with E-state index in [4.69, 9.17) is 5.73 Å². The number of nitrogens with zero attached hydrogens (tertiary/aromatic N) is 2. The van der Waals surface area contributed by atoms with E-state index in [9.17, 15) is 0 Å². The number of hydrogen-bond acceptors (Lipinski definition) is 2. The molecule has 4 nitrogen and oxygen atoms in total. The van der Waals surface area contributed by atoms with Gasteiger partial charge in [0.05, 0.1) is 0 Å². The van der Waals surface area contributed by atoms with E-state index in [2.05, 4.69) is 52.5 Å². The number of hydrogen-bond donors (Lipinski definition) is 2. The molecular weight excluding hydrogens is 260 g/mol. The highest BCUT2D eigenvalue weighted by Crippen LogP contribution is 2.26. The van der Waals surface area contributed by atoms with Crippen molar-refractivity contribution in [1.82, 2.24) is 5.32 Å². The summed E-state index contributed by atoms with van der Waals surface area (Å²) >= 11 is 0. The minimum absolute atomic E-state index is 0.602. The van der Waals surface area contributed by atoms with Crippen molar-refractivity contribution in [2.75, 3.05) is 31.1 Å².